The molecule has 0 aliphatic rings. The number of thioether (sulfide) groups is 1. The van der Waals surface area contributed by atoms with Gasteiger partial charge >= 0.3 is 0 Å². The van der Waals surface area contributed by atoms with Gasteiger partial charge in [-0.25, -0.2) is 0 Å². The fourth-order valence-corrected chi connectivity index (χ4v) is 2.70. The monoisotopic (exact) mass is 362 g/mol. The van der Waals surface area contributed by atoms with Gasteiger partial charge in [0, 0.05) is 16.4 Å². The fraction of sp³-hybridized carbons (Fsp3) is 0.222. The van der Waals surface area contributed by atoms with Crippen molar-refractivity contribution in [2.75, 3.05) is 16.4 Å². The van der Waals surface area contributed by atoms with E-state index in [1.807, 2.05) is 31.2 Å². The van der Waals surface area contributed by atoms with Gasteiger partial charge in [0.15, 0.2) is 0 Å². The van der Waals surface area contributed by atoms with Crippen LogP contribution in [0.1, 0.15) is 12.5 Å². The number of hydrogen-bond acceptors (Lipinski definition) is 3. The summed E-state index contributed by atoms with van der Waals surface area (Å²) in [6.07, 6.45) is 0. The maximum Gasteiger partial charge on any atom is 0.237 e. The second kappa shape index (κ2) is 8.76. The fourth-order valence-electron chi connectivity index (χ4n) is 1.89. The molecule has 2 aromatic carbocycles. The van der Waals surface area contributed by atoms with Crippen LogP contribution in [0.3, 0.4) is 0 Å². The topological polar surface area (TPSA) is 58.2 Å². The van der Waals surface area contributed by atoms with Crippen LogP contribution < -0.4 is 10.6 Å². The summed E-state index contributed by atoms with van der Waals surface area (Å²) in [4.78, 5) is 24.1. The zero-order valence-electron chi connectivity index (χ0n) is 13.5. The Kier molecular flexibility index (Phi) is 6.70. The van der Waals surface area contributed by atoms with Gasteiger partial charge in [-0.3, -0.25) is 9.59 Å². The molecule has 4 nitrogen and oxygen atoms in total. The van der Waals surface area contributed by atoms with Gasteiger partial charge in [-0.15, -0.1) is 11.8 Å². The van der Waals surface area contributed by atoms with Crippen molar-refractivity contribution in [3.8, 4) is 0 Å². The van der Waals surface area contributed by atoms with Gasteiger partial charge in [0.25, 0.3) is 0 Å². The van der Waals surface area contributed by atoms with Crippen molar-refractivity contribution in [2.24, 2.45) is 0 Å². The average Bonchev–Trinajstić information content (AvgIpc) is 2.57. The van der Waals surface area contributed by atoms with E-state index in [2.05, 4.69) is 10.6 Å². The minimum Gasteiger partial charge on any atom is -0.325 e. The lowest BCUT2D eigenvalue weighted by Gasteiger charge is -2.12. The molecule has 2 rings (SSSR count). The Morgan fingerprint density at radius 2 is 1.54 bits per heavy atom. The molecule has 0 radical (unpaired) electrons. The molecule has 2 N–H and O–H groups in total. The summed E-state index contributed by atoms with van der Waals surface area (Å²) < 4.78 is 0. The van der Waals surface area contributed by atoms with Crippen LogP contribution in [0, 0.1) is 6.92 Å². The zero-order chi connectivity index (χ0) is 17.5. The number of anilines is 2. The molecule has 126 valence electrons. The third-order valence-corrected chi connectivity index (χ3v) is 4.68. The van der Waals surface area contributed by atoms with Crippen molar-refractivity contribution in [3.63, 3.8) is 0 Å². The molecule has 0 aromatic heterocycles. The van der Waals surface area contributed by atoms with Crippen LogP contribution >= 0.6 is 23.4 Å². The zero-order valence-corrected chi connectivity index (χ0v) is 15.1. The van der Waals surface area contributed by atoms with E-state index in [1.165, 1.54) is 11.8 Å². The van der Waals surface area contributed by atoms with Crippen LogP contribution in [0.5, 0.6) is 0 Å². The van der Waals surface area contributed by atoms with E-state index in [1.54, 1.807) is 31.2 Å². The van der Waals surface area contributed by atoms with E-state index in [9.17, 15) is 9.59 Å². The summed E-state index contributed by atoms with van der Waals surface area (Å²) >= 11 is 7.09. The van der Waals surface area contributed by atoms with Crippen molar-refractivity contribution in [1.29, 1.82) is 0 Å². The maximum atomic E-state index is 12.1. The number of rotatable bonds is 6. The van der Waals surface area contributed by atoms with Crippen LogP contribution in [0.15, 0.2) is 48.5 Å². The van der Waals surface area contributed by atoms with Crippen LogP contribution in [-0.4, -0.2) is 22.8 Å². The highest BCUT2D eigenvalue weighted by Gasteiger charge is 2.15. The van der Waals surface area contributed by atoms with Gasteiger partial charge in [-0.2, -0.15) is 0 Å². The van der Waals surface area contributed by atoms with Gasteiger partial charge in [0.05, 0.1) is 11.0 Å². The average molecular weight is 363 g/mol. The summed E-state index contributed by atoms with van der Waals surface area (Å²) in [6.45, 7) is 3.77. The first-order valence-corrected chi connectivity index (χ1v) is 8.91. The van der Waals surface area contributed by atoms with E-state index in [0.29, 0.717) is 10.7 Å². The Bertz CT molecular complexity index is 702. The lowest BCUT2D eigenvalue weighted by molar-refractivity contribution is -0.115. The molecule has 0 aliphatic heterocycles. The number of halogens is 1. The summed E-state index contributed by atoms with van der Waals surface area (Å²) in [7, 11) is 0. The van der Waals surface area contributed by atoms with Gasteiger partial charge in [0.1, 0.15) is 0 Å². The highest BCUT2D eigenvalue weighted by atomic mass is 35.5. The first kappa shape index (κ1) is 18.4. The van der Waals surface area contributed by atoms with Crippen LogP contribution in [0.2, 0.25) is 5.02 Å². The number of nitrogens with one attached hydrogen (secondary N) is 2. The summed E-state index contributed by atoms with van der Waals surface area (Å²) in [5.41, 5.74) is 2.57. The molecule has 0 saturated carbocycles. The minimum absolute atomic E-state index is 0.122. The van der Waals surface area contributed by atoms with E-state index >= 15 is 0 Å². The molecule has 6 heteroatoms. The highest BCUT2D eigenvalue weighted by molar-refractivity contribution is 8.01. The lowest BCUT2D eigenvalue weighted by atomic mass is 10.2. The number of benzene rings is 2. The summed E-state index contributed by atoms with van der Waals surface area (Å²) in [5, 5.41) is 5.90. The Morgan fingerprint density at radius 1 is 1.00 bits per heavy atom. The van der Waals surface area contributed by atoms with Crippen molar-refractivity contribution in [3.05, 3.63) is 59.1 Å². The number of amides is 2. The third-order valence-electron chi connectivity index (χ3n) is 3.28. The molecular weight excluding hydrogens is 344 g/mol. The first-order valence-electron chi connectivity index (χ1n) is 7.48. The molecule has 0 heterocycles. The van der Waals surface area contributed by atoms with Crippen LogP contribution in [-0.2, 0) is 9.59 Å². The molecule has 0 fully saturated rings. The predicted octanol–water partition coefficient (Wildman–Crippen LogP) is 4.35. The Balaban J connectivity index is 1.77. The molecule has 0 saturated heterocycles. The number of aryl methyl sites for hydroxylation is 1. The molecule has 0 spiro atoms. The second-order valence-corrected chi connectivity index (χ2v) is 7.13. The normalized spacial score (nSPS) is 11.6. The smallest absolute Gasteiger partial charge is 0.237 e. The van der Waals surface area contributed by atoms with E-state index in [0.717, 1.165) is 11.3 Å². The highest BCUT2D eigenvalue weighted by Crippen LogP contribution is 2.17. The largest absolute Gasteiger partial charge is 0.325 e. The number of carbonyl (C=O) groups excluding carboxylic acids is 2. The van der Waals surface area contributed by atoms with Crippen molar-refractivity contribution < 1.29 is 9.59 Å². The standard InChI is InChI=1S/C18H19ClN2O2S/c1-12-3-7-16(8-4-12)21-18(23)13(2)24-11-17(22)20-15-9-5-14(19)6-10-15/h3-10,13H,11H2,1-2H3,(H,20,22)(H,21,23). The first-order chi connectivity index (χ1) is 11.4. The molecular formula is C18H19ClN2O2S. The molecule has 1 unspecified atom stereocenters. The summed E-state index contributed by atoms with van der Waals surface area (Å²) in [6, 6.07) is 14.5. The molecule has 0 bridgehead atoms. The second-order valence-electron chi connectivity index (χ2n) is 5.36. The van der Waals surface area contributed by atoms with Gasteiger partial charge in [0.2, 0.25) is 11.8 Å². The minimum atomic E-state index is -0.331. The van der Waals surface area contributed by atoms with Gasteiger partial charge in [-0.1, -0.05) is 29.3 Å². The van der Waals surface area contributed by atoms with Crippen LogP contribution in [0.4, 0.5) is 11.4 Å². The third kappa shape index (κ3) is 5.91. The Labute approximate surface area is 151 Å². The number of carbonyl (C=O) groups is 2. The van der Waals surface area contributed by atoms with Crippen molar-refractivity contribution in [2.45, 2.75) is 19.1 Å². The molecule has 24 heavy (non-hydrogen) atoms. The molecule has 0 aliphatic carbocycles. The molecule has 1 atom stereocenters. The van der Waals surface area contributed by atoms with E-state index in [-0.39, 0.29) is 22.8 Å². The van der Waals surface area contributed by atoms with Crippen molar-refractivity contribution >= 4 is 46.6 Å². The van der Waals surface area contributed by atoms with E-state index < -0.39 is 0 Å². The predicted molar refractivity (Wildman–Crippen MR) is 102 cm³/mol. The van der Waals surface area contributed by atoms with E-state index in [4.69, 9.17) is 11.6 Å². The quantitative estimate of drug-likeness (QED) is 0.803. The SMILES string of the molecule is Cc1ccc(NC(=O)C(C)SCC(=O)Nc2ccc(Cl)cc2)cc1. The molecule has 2 amide bonds. The van der Waals surface area contributed by atoms with Gasteiger partial charge in [-0.05, 0) is 50.2 Å². The lowest BCUT2D eigenvalue weighted by Crippen LogP contribution is -2.25. The Hall–Kier alpha value is -1.98. The maximum absolute atomic E-state index is 12.1. The van der Waals surface area contributed by atoms with Crippen LogP contribution in [0.25, 0.3) is 0 Å². The van der Waals surface area contributed by atoms with Gasteiger partial charge < -0.3 is 10.6 Å². The summed E-state index contributed by atoms with van der Waals surface area (Å²) in [5.74, 6) is -0.0778. The molecule has 2 aromatic rings. The Morgan fingerprint density at radius 3 is 2.17 bits per heavy atom. The van der Waals surface area contributed by atoms with Crippen molar-refractivity contribution in [1.82, 2.24) is 0 Å². The number of hydrogen-bond donors (Lipinski definition) is 2.